The molecule has 0 unspecified atom stereocenters. The van der Waals surface area contributed by atoms with E-state index in [0.717, 1.165) is 35.6 Å². The zero-order chi connectivity index (χ0) is 22.0. The Morgan fingerprint density at radius 1 is 1.23 bits per heavy atom. The summed E-state index contributed by atoms with van der Waals surface area (Å²) in [5, 5.41) is 14.0. The summed E-state index contributed by atoms with van der Waals surface area (Å²) in [6, 6.07) is 11.4. The number of imidazole rings is 2. The van der Waals surface area contributed by atoms with E-state index in [-0.39, 0.29) is 11.3 Å². The van der Waals surface area contributed by atoms with Gasteiger partial charge in [0.05, 0.1) is 22.5 Å². The van der Waals surface area contributed by atoms with Crippen LogP contribution in [0.15, 0.2) is 54.9 Å². The molecule has 1 amide bonds. The Labute approximate surface area is 178 Å². The third-order valence-electron chi connectivity index (χ3n) is 5.11. The number of hydrogen-bond acceptors (Lipinski definition) is 5. The zero-order valence-corrected chi connectivity index (χ0v) is 17.3. The number of benzene rings is 2. The van der Waals surface area contributed by atoms with Crippen molar-refractivity contribution in [2.75, 3.05) is 5.32 Å². The molecule has 0 fully saturated rings. The summed E-state index contributed by atoms with van der Waals surface area (Å²) in [4.78, 5) is 32.4. The Balaban J connectivity index is 1.66. The highest BCUT2D eigenvalue weighted by Gasteiger charge is 2.20. The van der Waals surface area contributed by atoms with Crippen molar-refractivity contribution in [3.63, 3.8) is 0 Å². The highest BCUT2D eigenvalue weighted by Crippen LogP contribution is 2.24. The van der Waals surface area contributed by atoms with E-state index < -0.39 is 10.8 Å². The van der Waals surface area contributed by atoms with E-state index in [1.807, 2.05) is 23.8 Å². The summed E-state index contributed by atoms with van der Waals surface area (Å²) < 4.78 is 4.20. The van der Waals surface area contributed by atoms with Crippen molar-refractivity contribution in [2.45, 2.75) is 33.4 Å². The molecule has 0 atom stereocenters. The molecule has 1 N–H and O–H groups in total. The van der Waals surface area contributed by atoms with E-state index in [1.165, 1.54) is 18.2 Å². The van der Waals surface area contributed by atoms with Crippen LogP contribution in [0.2, 0.25) is 0 Å². The topological polar surface area (TPSA) is 108 Å². The van der Waals surface area contributed by atoms with Crippen LogP contribution < -0.4 is 5.32 Å². The maximum absolute atomic E-state index is 12.6. The molecular weight excluding hydrogens is 396 g/mol. The standard InChI is InChI=1S/C22H22N6O3/c1-3-11-27-20-9-8-16(24-22(29)17-6-4-5-7-19(17)28(30)31)13-18(20)25-21(27)14-26-12-10-23-15(26)2/h4-10,12-13H,3,11,14H2,1-2H3,(H,24,29). The number of aromatic nitrogens is 4. The molecule has 0 aliphatic heterocycles. The van der Waals surface area contributed by atoms with Crippen LogP contribution in [0.5, 0.6) is 0 Å². The third-order valence-corrected chi connectivity index (χ3v) is 5.11. The number of anilines is 1. The summed E-state index contributed by atoms with van der Waals surface area (Å²) in [7, 11) is 0. The summed E-state index contributed by atoms with van der Waals surface area (Å²) in [6.07, 6.45) is 4.64. The van der Waals surface area contributed by atoms with Gasteiger partial charge in [-0.25, -0.2) is 9.97 Å². The van der Waals surface area contributed by atoms with E-state index in [1.54, 1.807) is 24.4 Å². The van der Waals surface area contributed by atoms with Gasteiger partial charge < -0.3 is 14.5 Å². The lowest BCUT2D eigenvalue weighted by atomic mass is 10.1. The van der Waals surface area contributed by atoms with Gasteiger partial charge >= 0.3 is 0 Å². The lowest BCUT2D eigenvalue weighted by Gasteiger charge is -2.09. The SMILES string of the molecule is CCCn1c(Cn2ccnc2C)nc2cc(NC(=O)c3ccccc3[N+](=O)[O-])ccc21. The molecule has 4 rings (SSSR count). The Kier molecular flexibility index (Phi) is 5.48. The van der Waals surface area contributed by atoms with Crippen LogP contribution in [0.3, 0.4) is 0 Å². The second kappa shape index (κ2) is 8.39. The van der Waals surface area contributed by atoms with Crippen molar-refractivity contribution in [1.29, 1.82) is 0 Å². The second-order valence-corrected chi connectivity index (χ2v) is 7.21. The van der Waals surface area contributed by atoms with Crippen molar-refractivity contribution >= 4 is 28.3 Å². The lowest BCUT2D eigenvalue weighted by Crippen LogP contribution is -2.13. The number of hydrogen-bond donors (Lipinski definition) is 1. The smallest absolute Gasteiger partial charge is 0.282 e. The maximum atomic E-state index is 12.6. The number of fused-ring (bicyclic) bond motifs is 1. The van der Waals surface area contributed by atoms with Crippen molar-refractivity contribution in [2.24, 2.45) is 0 Å². The molecule has 0 aliphatic carbocycles. The third kappa shape index (κ3) is 4.02. The molecule has 9 nitrogen and oxygen atoms in total. The van der Waals surface area contributed by atoms with Gasteiger partial charge in [-0.05, 0) is 37.6 Å². The molecule has 2 aromatic carbocycles. The Hall–Kier alpha value is -4.01. The van der Waals surface area contributed by atoms with Crippen LogP contribution in [0.25, 0.3) is 11.0 Å². The van der Waals surface area contributed by atoms with Crippen molar-refractivity contribution in [1.82, 2.24) is 19.1 Å². The predicted octanol–water partition coefficient (Wildman–Crippen LogP) is 4.16. The molecule has 4 aromatic rings. The normalized spacial score (nSPS) is 11.0. The number of nitro groups is 1. The van der Waals surface area contributed by atoms with Gasteiger partial charge in [-0.1, -0.05) is 19.1 Å². The fraction of sp³-hybridized carbons (Fsp3) is 0.227. The molecule has 2 heterocycles. The Bertz CT molecular complexity index is 1270. The molecule has 0 radical (unpaired) electrons. The highest BCUT2D eigenvalue weighted by molar-refractivity contribution is 6.07. The first-order valence-corrected chi connectivity index (χ1v) is 9.99. The van der Waals surface area contributed by atoms with Gasteiger partial charge in [0.25, 0.3) is 11.6 Å². The number of nitrogens with zero attached hydrogens (tertiary/aromatic N) is 5. The average molecular weight is 418 g/mol. The summed E-state index contributed by atoms with van der Waals surface area (Å²) in [5.41, 5.74) is 2.04. The van der Waals surface area contributed by atoms with Crippen molar-refractivity contribution < 1.29 is 9.72 Å². The molecule has 0 saturated heterocycles. The largest absolute Gasteiger partial charge is 0.328 e. The summed E-state index contributed by atoms with van der Waals surface area (Å²) in [6.45, 7) is 5.47. The second-order valence-electron chi connectivity index (χ2n) is 7.21. The molecular formula is C22H22N6O3. The summed E-state index contributed by atoms with van der Waals surface area (Å²) in [5.74, 6) is 1.28. The first kappa shape index (κ1) is 20.3. The Morgan fingerprint density at radius 3 is 2.74 bits per heavy atom. The molecule has 0 saturated carbocycles. The molecule has 2 aromatic heterocycles. The van der Waals surface area contributed by atoms with E-state index in [2.05, 4.69) is 21.8 Å². The number of nitrogens with one attached hydrogen (secondary N) is 1. The molecule has 0 bridgehead atoms. The molecule has 9 heteroatoms. The van der Waals surface area contributed by atoms with Crippen LogP contribution >= 0.6 is 0 Å². The van der Waals surface area contributed by atoms with E-state index in [0.29, 0.717) is 12.2 Å². The number of amides is 1. The number of nitro benzene ring substituents is 1. The predicted molar refractivity (Wildman–Crippen MR) is 117 cm³/mol. The van der Waals surface area contributed by atoms with E-state index in [9.17, 15) is 14.9 Å². The van der Waals surface area contributed by atoms with Crippen LogP contribution in [-0.4, -0.2) is 29.9 Å². The molecule has 158 valence electrons. The van der Waals surface area contributed by atoms with Crippen LogP contribution in [0.1, 0.15) is 35.4 Å². The average Bonchev–Trinajstić information content (AvgIpc) is 3.31. The minimum atomic E-state index is -0.561. The first-order chi connectivity index (χ1) is 15.0. The fourth-order valence-corrected chi connectivity index (χ4v) is 3.60. The monoisotopic (exact) mass is 418 g/mol. The molecule has 31 heavy (non-hydrogen) atoms. The Morgan fingerprint density at radius 2 is 2.03 bits per heavy atom. The lowest BCUT2D eigenvalue weighted by molar-refractivity contribution is -0.385. The van der Waals surface area contributed by atoms with E-state index >= 15 is 0 Å². The van der Waals surface area contributed by atoms with Crippen LogP contribution in [0.4, 0.5) is 11.4 Å². The maximum Gasteiger partial charge on any atom is 0.282 e. The van der Waals surface area contributed by atoms with Crippen molar-refractivity contribution in [3.05, 3.63) is 82.2 Å². The molecule has 0 spiro atoms. The van der Waals surface area contributed by atoms with Gasteiger partial charge in [-0.15, -0.1) is 0 Å². The zero-order valence-electron chi connectivity index (χ0n) is 17.3. The summed E-state index contributed by atoms with van der Waals surface area (Å²) >= 11 is 0. The number of carbonyl (C=O) groups is 1. The molecule has 0 aliphatic rings. The number of rotatable bonds is 7. The quantitative estimate of drug-likeness (QED) is 0.358. The van der Waals surface area contributed by atoms with Gasteiger partial charge in [-0.3, -0.25) is 14.9 Å². The van der Waals surface area contributed by atoms with Crippen LogP contribution in [0, 0.1) is 17.0 Å². The first-order valence-electron chi connectivity index (χ1n) is 9.99. The minimum absolute atomic E-state index is 0.0142. The van der Waals surface area contributed by atoms with Gasteiger partial charge in [0.2, 0.25) is 0 Å². The van der Waals surface area contributed by atoms with Gasteiger partial charge in [0.1, 0.15) is 17.2 Å². The van der Waals surface area contributed by atoms with Crippen LogP contribution in [-0.2, 0) is 13.1 Å². The number of aryl methyl sites for hydroxylation is 2. The van der Waals surface area contributed by atoms with Gasteiger partial charge in [0, 0.05) is 30.7 Å². The highest BCUT2D eigenvalue weighted by atomic mass is 16.6. The fourth-order valence-electron chi connectivity index (χ4n) is 3.60. The van der Waals surface area contributed by atoms with Crippen molar-refractivity contribution in [3.8, 4) is 0 Å². The van der Waals surface area contributed by atoms with Gasteiger partial charge in [-0.2, -0.15) is 0 Å². The van der Waals surface area contributed by atoms with Gasteiger partial charge in [0.15, 0.2) is 0 Å². The minimum Gasteiger partial charge on any atom is -0.328 e. The number of para-hydroxylation sites is 1. The number of carbonyl (C=O) groups excluding carboxylic acids is 1. The van der Waals surface area contributed by atoms with E-state index in [4.69, 9.17) is 4.98 Å².